The molecular weight excluding hydrogens is 459 g/mol. The molecule has 2 saturated heterocycles. The summed E-state index contributed by atoms with van der Waals surface area (Å²) in [5, 5.41) is 4.51. The second-order valence-electron chi connectivity index (χ2n) is 7.80. The number of hydrogen-bond acceptors (Lipinski definition) is 2. The number of benzene rings is 1. The number of aliphatic imine (C=N–C) groups is 1. The minimum absolute atomic E-state index is 0. The molecular formula is C20H30ClIN4. The van der Waals surface area contributed by atoms with E-state index in [1.165, 1.54) is 50.9 Å². The number of nitrogens with one attached hydrogen (secondary N) is 1. The molecule has 3 unspecified atom stereocenters. The molecule has 3 atom stereocenters. The second-order valence-corrected chi connectivity index (χ2v) is 8.24. The molecule has 3 aliphatic rings. The number of hydrogen-bond donors (Lipinski definition) is 1. The van der Waals surface area contributed by atoms with Crippen LogP contribution in [0.2, 0.25) is 5.02 Å². The van der Waals surface area contributed by atoms with Gasteiger partial charge in [-0.1, -0.05) is 23.7 Å². The molecule has 1 N–H and O–H groups in total. The van der Waals surface area contributed by atoms with E-state index in [1.54, 1.807) is 0 Å². The summed E-state index contributed by atoms with van der Waals surface area (Å²) in [4.78, 5) is 9.65. The van der Waals surface area contributed by atoms with Crippen molar-refractivity contribution in [2.45, 2.75) is 37.6 Å². The first-order valence-electron chi connectivity index (χ1n) is 9.69. The zero-order valence-electron chi connectivity index (χ0n) is 15.5. The molecule has 0 radical (unpaired) electrons. The highest BCUT2D eigenvalue weighted by atomic mass is 127. The Morgan fingerprint density at radius 1 is 1.27 bits per heavy atom. The fourth-order valence-electron chi connectivity index (χ4n) is 4.43. The van der Waals surface area contributed by atoms with E-state index in [2.05, 4.69) is 32.2 Å². The van der Waals surface area contributed by atoms with Crippen LogP contribution in [0.4, 0.5) is 0 Å². The van der Waals surface area contributed by atoms with Crippen molar-refractivity contribution in [2.75, 3.05) is 39.8 Å². The van der Waals surface area contributed by atoms with E-state index < -0.39 is 0 Å². The second kappa shape index (κ2) is 9.11. The van der Waals surface area contributed by atoms with Crippen LogP contribution in [-0.4, -0.2) is 61.6 Å². The number of rotatable bonds is 4. The van der Waals surface area contributed by atoms with Gasteiger partial charge in [0.25, 0.3) is 0 Å². The molecule has 1 aromatic rings. The number of halogens is 2. The molecule has 0 spiro atoms. The lowest BCUT2D eigenvalue weighted by Crippen LogP contribution is -2.42. The predicted molar refractivity (Wildman–Crippen MR) is 120 cm³/mol. The summed E-state index contributed by atoms with van der Waals surface area (Å²) in [5.41, 5.74) is 1.34. The van der Waals surface area contributed by atoms with Gasteiger partial charge in [-0.25, -0.2) is 0 Å². The maximum atomic E-state index is 6.13. The smallest absolute Gasteiger partial charge is 0.193 e. The first-order valence-corrected chi connectivity index (χ1v) is 10.1. The van der Waals surface area contributed by atoms with Crippen LogP contribution in [0.1, 0.15) is 37.2 Å². The van der Waals surface area contributed by atoms with Crippen molar-refractivity contribution in [3.05, 3.63) is 34.9 Å². The Hall–Kier alpha value is -0.530. The Balaban J connectivity index is 0.00000196. The Bertz CT molecular complexity index is 632. The molecule has 1 aliphatic carbocycles. The summed E-state index contributed by atoms with van der Waals surface area (Å²) in [5.74, 6) is 2.44. The zero-order chi connectivity index (χ0) is 17.2. The lowest BCUT2D eigenvalue weighted by molar-refractivity contribution is 0.281. The van der Waals surface area contributed by atoms with Gasteiger partial charge in [0.05, 0.1) is 0 Å². The van der Waals surface area contributed by atoms with Crippen molar-refractivity contribution in [1.29, 1.82) is 0 Å². The summed E-state index contributed by atoms with van der Waals surface area (Å²) >= 11 is 6.13. The van der Waals surface area contributed by atoms with Crippen LogP contribution in [0.3, 0.4) is 0 Å². The molecule has 2 heterocycles. The molecule has 0 bridgehead atoms. The van der Waals surface area contributed by atoms with E-state index in [4.69, 9.17) is 11.6 Å². The van der Waals surface area contributed by atoms with E-state index in [0.29, 0.717) is 12.0 Å². The minimum Gasteiger partial charge on any atom is -0.353 e. The SMILES string of the molecule is CN=C(NC1CC1c1cccc(Cl)c1)N1CCC(CN2CCCC2)C1.I. The predicted octanol–water partition coefficient (Wildman–Crippen LogP) is 3.81. The van der Waals surface area contributed by atoms with Crippen LogP contribution >= 0.6 is 35.6 Å². The van der Waals surface area contributed by atoms with Gasteiger partial charge in [-0.2, -0.15) is 0 Å². The Morgan fingerprint density at radius 2 is 2.08 bits per heavy atom. The molecule has 4 rings (SSSR count). The van der Waals surface area contributed by atoms with Crippen molar-refractivity contribution in [1.82, 2.24) is 15.1 Å². The average molecular weight is 489 g/mol. The van der Waals surface area contributed by atoms with E-state index in [9.17, 15) is 0 Å². The monoisotopic (exact) mass is 488 g/mol. The molecule has 0 aromatic heterocycles. The maximum Gasteiger partial charge on any atom is 0.193 e. The lowest BCUT2D eigenvalue weighted by Gasteiger charge is -2.23. The van der Waals surface area contributed by atoms with E-state index in [-0.39, 0.29) is 24.0 Å². The molecule has 1 saturated carbocycles. The third kappa shape index (κ3) is 4.84. The van der Waals surface area contributed by atoms with Crippen LogP contribution in [0.15, 0.2) is 29.3 Å². The first-order chi connectivity index (χ1) is 12.2. The first kappa shape index (κ1) is 20.2. The molecule has 1 aromatic carbocycles. The van der Waals surface area contributed by atoms with Gasteiger partial charge in [-0.05, 0) is 62.4 Å². The quantitative estimate of drug-likeness (QED) is 0.397. The van der Waals surface area contributed by atoms with Gasteiger partial charge in [0.1, 0.15) is 0 Å². The summed E-state index contributed by atoms with van der Waals surface area (Å²) in [6, 6.07) is 8.77. The van der Waals surface area contributed by atoms with Crippen molar-refractivity contribution < 1.29 is 0 Å². The van der Waals surface area contributed by atoms with Gasteiger partial charge in [0.15, 0.2) is 5.96 Å². The van der Waals surface area contributed by atoms with Gasteiger partial charge in [0, 0.05) is 43.7 Å². The van der Waals surface area contributed by atoms with E-state index >= 15 is 0 Å². The highest BCUT2D eigenvalue weighted by Gasteiger charge is 2.40. The van der Waals surface area contributed by atoms with Gasteiger partial charge >= 0.3 is 0 Å². The molecule has 6 heteroatoms. The van der Waals surface area contributed by atoms with Crippen LogP contribution < -0.4 is 5.32 Å². The summed E-state index contributed by atoms with van der Waals surface area (Å²) < 4.78 is 0. The Morgan fingerprint density at radius 3 is 2.81 bits per heavy atom. The third-order valence-corrected chi connectivity index (χ3v) is 6.13. The molecule has 4 nitrogen and oxygen atoms in total. The highest BCUT2D eigenvalue weighted by molar-refractivity contribution is 14.0. The fraction of sp³-hybridized carbons (Fsp3) is 0.650. The van der Waals surface area contributed by atoms with Crippen molar-refractivity contribution in [2.24, 2.45) is 10.9 Å². The van der Waals surface area contributed by atoms with E-state index in [1.807, 2.05) is 19.2 Å². The van der Waals surface area contributed by atoms with Crippen molar-refractivity contribution in [3.63, 3.8) is 0 Å². The topological polar surface area (TPSA) is 30.9 Å². The molecule has 26 heavy (non-hydrogen) atoms. The van der Waals surface area contributed by atoms with Crippen molar-refractivity contribution >= 4 is 41.5 Å². The summed E-state index contributed by atoms with van der Waals surface area (Å²) in [6.45, 7) is 6.14. The third-order valence-electron chi connectivity index (χ3n) is 5.89. The standard InChI is InChI=1S/C20H29ClN4.HI/c1-22-20(23-19-12-18(19)16-5-4-6-17(21)11-16)25-10-7-15(14-25)13-24-8-2-3-9-24;/h4-6,11,15,18-19H,2-3,7-10,12-14H2,1H3,(H,22,23);1H. The highest BCUT2D eigenvalue weighted by Crippen LogP contribution is 2.41. The summed E-state index contributed by atoms with van der Waals surface area (Å²) in [6.07, 6.45) is 5.22. The van der Waals surface area contributed by atoms with Crippen molar-refractivity contribution in [3.8, 4) is 0 Å². The molecule has 144 valence electrons. The van der Waals surface area contributed by atoms with E-state index in [0.717, 1.165) is 30.0 Å². The van der Waals surface area contributed by atoms with Crippen LogP contribution in [0.5, 0.6) is 0 Å². The normalized spacial score (nSPS) is 28.9. The zero-order valence-corrected chi connectivity index (χ0v) is 18.6. The van der Waals surface area contributed by atoms with Crippen LogP contribution in [0.25, 0.3) is 0 Å². The minimum atomic E-state index is 0. The molecule has 2 aliphatic heterocycles. The Kier molecular flexibility index (Phi) is 7.08. The molecule has 3 fully saturated rings. The Labute approximate surface area is 179 Å². The molecule has 0 amide bonds. The van der Waals surface area contributed by atoms with Gasteiger partial charge in [-0.3, -0.25) is 4.99 Å². The fourth-order valence-corrected chi connectivity index (χ4v) is 4.63. The number of likely N-dealkylation sites (tertiary alicyclic amines) is 2. The largest absolute Gasteiger partial charge is 0.353 e. The van der Waals surface area contributed by atoms with Crippen LogP contribution in [-0.2, 0) is 0 Å². The summed E-state index contributed by atoms with van der Waals surface area (Å²) in [7, 11) is 1.91. The van der Waals surface area contributed by atoms with Crippen LogP contribution in [0, 0.1) is 5.92 Å². The van der Waals surface area contributed by atoms with Gasteiger partial charge in [-0.15, -0.1) is 24.0 Å². The number of nitrogens with zero attached hydrogens (tertiary/aromatic N) is 3. The lowest BCUT2D eigenvalue weighted by atomic mass is 10.1. The average Bonchev–Trinajstić information content (AvgIpc) is 2.97. The van der Waals surface area contributed by atoms with Gasteiger partial charge in [0.2, 0.25) is 0 Å². The number of guanidine groups is 1. The maximum absolute atomic E-state index is 6.13. The van der Waals surface area contributed by atoms with Gasteiger partial charge < -0.3 is 15.1 Å².